The third-order valence-electron chi connectivity index (χ3n) is 7.27. The third-order valence-corrected chi connectivity index (χ3v) is 8.17. The van der Waals surface area contributed by atoms with Crippen LogP contribution in [0.4, 0.5) is 0 Å². The summed E-state index contributed by atoms with van der Waals surface area (Å²) in [6, 6.07) is 10.6. The fourth-order valence-corrected chi connectivity index (χ4v) is 5.71. The maximum Gasteiger partial charge on any atom is 0.283 e. The number of hydrazone groups is 1. The van der Waals surface area contributed by atoms with Gasteiger partial charge in [0.1, 0.15) is 5.04 Å². The lowest BCUT2D eigenvalue weighted by molar-refractivity contribution is -0.133. The van der Waals surface area contributed by atoms with Gasteiger partial charge in [-0.3, -0.25) is 15.0 Å². The van der Waals surface area contributed by atoms with E-state index in [1.54, 1.807) is 11.0 Å². The Bertz CT molecular complexity index is 1380. The number of rotatable bonds is 6. The zero-order chi connectivity index (χ0) is 27.0. The van der Waals surface area contributed by atoms with Gasteiger partial charge >= 0.3 is 0 Å². The number of thioether (sulfide) groups is 1. The highest BCUT2D eigenvalue weighted by Gasteiger charge is 2.36. The molecule has 1 atom stereocenters. The molecular weight excluding hydrogens is 500 g/mol. The number of nitrogens with zero attached hydrogens (tertiary/aromatic N) is 5. The van der Waals surface area contributed by atoms with Crippen molar-refractivity contribution in [1.29, 1.82) is 5.41 Å². The van der Waals surface area contributed by atoms with E-state index in [9.17, 15) is 9.59 Å². The number of aromatic nitrogens is 1. The van der Waals surface area contributed by atoms with E-state index in [4.69, 9.17) is 10.1 Å². The monoisotopic (exact) mass is 532 g/mol. The van der Waals surface area contributed by atoms with Gasteiger partial charge in [0.15, 0.2) is 5.84 Å². The zero-order valence-electron chi connectivity index (χ0n) is 22.2. The summed E-state index contributed by atoms with van der Waals surface area (Å²) in [5, 5.41) is 15.4. The smallest absolute Gasteiger partial charge is 0.283 e. The first kappa shape index (κ1) is 26.1. The number of benzene rings is 1. The SMILES string of the molecule is CC[C@@H](C)c1ccc(-n2c(C)cc(/C=C3/C(=N)N4N=C(CC(=O)N5CCOCC5)SC4=NC3=O)c2C)cc1. The second-order valence-electron chi connectivity index (χ2n) is 9.75. The Morgan fingerprint density at radius 3 is 2.61 bits per heavy atom. The van der Waals surface area contributed by atoms with Gasteiger partial charge in [-0.15, -0.1) is 0 Å². The van der Waals surface area contributed by atoms with Gasteiger partial charge in [0.05, 0.1) is 25.2 Å². The van der Waals surface area contributed by atoms with Crippen molar-refractivity contribution < 1.29 is 14.3 Å². The van der Waals surface area contributed by atoms with E-state index in [-0.39, 0.29) is 23.7 Å². The Balaban J connectivity index is 1.37. The molecular formula is C28H32N6O3S. The van der Waals surface area contributed by atoms with Crippen molar-refractivity contribution in [2.24, 2.45) is 10.1 Å². The minimum Gasteiger partial charge on any atom is -0.378 e. The summed E-state index contributed by atoms with van der Waals surface area (Å²) in [4.78, 5) is 31.5. The molecule has 1 fully saturated rings. The van der Waals surface area contributed by atoms with Gasteiger partial charge in [-0.2, -0.15) is 15.1 Å². The highest BCUT2D eigenvalue weighted by Crippen LogP contribution is 2.31. The quantitative estimate of drug-likeness (QED) is 0.553. The van der Waals surface area contributed by atoms with E-state index in [1.807, 2.05) is 19.9 Å². The Kier molecular flexibility index (Phi) is 7.36. The highest BCUT2D eigenvalue weighted by molar-refractivity contribution is 8.27. The van der Waals surface area contributed by atoms with Crippen LogP contribution >= 0.6 is 11.8 Å². The van der Waals surface area contributed by atoms with Crippen molar-refractivity contribution in [3.8, 4) is 5.69 Å². The van der Waals surface area contributed by atoms with Crippen LogP contribution in [0.25, 0.3) is 11.8 Å². The predicted octanol–water partition coefficient (Wildman–Crippen LogP) is 4.48. The molecule has 38 heavy (non-hydrogen) atoms. The average molecular weight is 533 g/mol. The minimum atomic E-state index is -0.479. The van der Waals surface area contributed by atoms with Crippen LogP contribution in [0.5, 0.6) is 0 Å². The summed E-state index contributed by atoms with van der Waals surface area (Å²) in [7, 11) is 0. The van der Waals surface area contributed by atoms with Crippen LogP contribution in [0, 0.1) is 19.3 Å². The van der Waals surface area contributed by atoms with Crippen molar-refractivity contribution in [2.45, 2.75) is 46.5 Å². The van der Waals surface area contributed by atoms with Gasteiger partial charge in [-0.25, -0.2) is 0 Å². The molecule has 0 bridgehead atoms. The second kappa shape index (κ2) is 10.7. The van der Waals surface area contributed by atoms with Crippen molar-refractivity contribution in [1.82, 2.24) is 14.5 Å². The molecule has 3 aliphatic heterocycles. The van der Waals surface area contributed by atoms with E-state index in [0.29, 0.717) is 42.4 Å². The molecule has 9 nitrogen and oxygen atoms in total. The van der Waals surface area contributed by atoms with Crippen LogP contribution in [0.3, 0.4) is 0 Å². The number of hydrogen-bond acceptors (Lipinski definition) is 6. The fraction of sp³-hybridized carbons (Fsp3) is 0.393. The number of hydrogen-bond donors (Lipinski definition) is 1. The topological polar surface area (TPSA) is 103 Å². The van der Waals surface area contributed by atoms with Crippen LogP contribution in [-0.2, 0) is 14.3 Å². The van der Waals surface area contributed by atoms with Gasteiger partial charge in [0.25, 0.3) is 5.91 Å². The van der Waals surface area contributed by atoms with E-state index in [0.717, 1.165) is 29.1 Å². The largest absolute Gasteiger partial charge is 0.378 e. The van der Waals surface area contributed by atoms with Crippen LogP contribution in [-0.4, -0.2) is 68.6 Å². The summed E-state index contributed by atoms with van der Waals surface area (Å²) < 4.78 is 7.46. The maximum absolute atomic E-state index is 12.9. The number of carbonyl (C=O) groups excluding carboxylic acids is 2. The standard InChI is InChI=1S/C28H32N6O3S/c1-5-17(2)20-6-8-22(9-7-20)33-18(3)14-21(19(33)4)15-23-26(29)34-28(30-27(23)36)38-24(31-34)16-25(35)32-10-12-37-13-11-32/h6-9,14-15,17,29H,5,10-13,16H2,1-4H3/b23-15-,29-26?/t17-/m1/s1. The Morgan fingerprint density at radius 1 is 1.21 bits per heavy atom. The Labute approximate surface area is 226 Å². The summed E-state index contributed by atoms with van der Waals surface area (Å²) in [5.74, 6) is -0.0518. The molecule has 1 aromatic carbocycles. The number of amidine groups is 2. The first-order valence-electron chi connectivity index (χ1n) is 12.9. The summed E-state index contributed by atoms with van der Waals surface area (Å²) in [6.45, 7) is 10.6. The average Bonchev–Trinajstić information content (AvgIpc) is 3.45. The number of amides is 2. The molecule has 0 aliphatic carbocycles. The van der Waals surface area contributed by atoms with Crippen LogP contribution in [0.1, 0.15) is 55.1 Å². The molecule has 0 radical (unpaired) electrons. The normalized spacial score (nSPS) is 19.5. The zero-order valence-corrected chi connectivity index (χ0v) is 23.0. The Morgan fingerprint density at radius 2 is 1.92 bits per heavy atom. The van der Waals surface area contributed by atoms with Crippen molar-refractivity contribution in [3.63, 3.8) is 0 Å². The van der Waals surface area contributed by atoms with E-state index < -0.39 is 5.91 Å². The van der Waals surface area contributed by atoms with E-state index >= 15 is 0 Å². The van der Waals surface area contributed by atoms with Gasteiger partial charge < -0.3 is 14.2 Å². The van der Waals surface area contributed by atoms with Gasteiger partial charge in [-0.05, 0) is 73.4 Å². The predicted molar refractivity (Wildman–Crippen MR) is 151 cm³/mol. The van der Waals surface area contributed by atoms with E-state index in [1.165, 1.54) is 22.3 Å². The van der Waals surface area contributed by atoms with Crippen LogP contribution in [0.2, 0.25) is 0 Å². The summed E-state index contributed by atoms with van der Waals surface area (Å²) in [6.07, 6.45) is 2.92. The van der Waals surface area contributed by atoms with E-state index in [2.05, 4.69) is 52.8 Å². The Hall–Kier alpha value is -3.50. The number of carbonyl (C=O) groups is 2. The third kappa shape index (κ3) is 4.98. The van der Waals surface area contributed by atoms with Crippen LogP contribution < -0.4 is 0 Å². The minimum absolute atomic E-state index is 0.0379. The summed E-state index contributed by atoms with van der Waals surface area (Å²) >= 11 is 1.17. The van der Waals surface area contributed by atoms with Gasteiger partial charge in [0, 0.05) is 30.2 Å². The molecule has 198 valence electrons. The number of aliphatic imine (C=N–C) groups is 1. The van der Waals surface area contributed by atoms with Crippen molar-refractivity contribution >= 4 is 45.7 Å². The van der Waals surface area contributed by atoms with Crippen molar-refractivity contribution in [3.05, 3.63) is 58.4 Å². The lowest BCUT2D eigenvalue weighted by Crippen LogP contribution is -2.41. The molecule has 0 spiro atoms. The molecule has 5 rings (SSSR count). The maximum atomic E-state index is 12.9. The van der Waals surface area contributed by atoms with Crippen LogP contribution in [0.15, 0.2) is 46.0 Å². The molecule has 2 aromatic rings. The van der Waals surface area contributed by atoms with Crippen molar-refractivity contribution in [2.75, 3.05) is 26.3 Å². The number of aryl methyl sites for hydroxylation is 1. The molecule has 1 aromatic heterocycles. The molecule has 0 saturated carbocycles. The first-order chi connectivity index (χ1) is 18.3. The number of fused-ring (bicyclic) bond motifs is 1. The molecule has 3 aliphatic rings. The lowest BCUT2D eigenvalue weighted by atomic mass is 9.98. The molecule has 1 saturated heterocycles. The van der Waals surface area contributed by atoms with Gasteiger partial charge in [0.2, 0.25) is 11.1 Å². The molecule has 0 unspecified atom stereocenters. The van der Waals surface area contributed by atoms with Gasteiger partial charge in [-0.1, -0.05) is 26.0 Å². The molecule has 10 heteroatoms. The number of morpholine rings is 1. The number of nitrogens with one attached hydrogen (secondary N) is 1. The summed E-state index contributed by atoms with van der Waals surface area (Å²) in [5.41, 5.74) is 5.38. The number of ether oxygens (including phenoxy) is 1. The highest BCUT2D eigenvalue weighted by atomic mass is 32.2. The first-order valence-corrected chi connectivity index (χ1v) is 13.7. The molecule has 2 amide bonds. The molecule has 4 heterocycles. The fourth-order valence-electron chi connectivity index (χ4n) is 4.83. The second-order valence-corrected chi connectivity index (χ2v) is 10.8. The lowest BCUT2D eigenvalue weighted by Gasteiger charge is -2.26. The molecule has 1 N–H and O–H groups in total.